The van der Waals surface area contributed by atoms with Crippen LogP contribution in [-0.4, -0.2) is 0 Å². The third-order valence-corrected chi connectivity index (χ3v) is 2.22. The Bertz CT molecular complexity index is 211. The summed E-state index contributed by atoms with van der Waals surface area (Å²) in [5.74, 6) is 0.509. The Balaban J connectivity index is 2.66. The Kier molecular flexibility index (Phi) is 3.37. The number of halogens is 1. The third kappa shape index (κ3) is 3.23. The lowest BCUT2D eigenvalue weighted by molar-refractivity contribution is 0.719. The van der Waals surface area contributed by atoms with E-state index in [1.165, 1.54) is 9.13 Å². The number of benzene rings is 1. The van der Waals surface area contributed by atoms with Crippen molar-refractivity contribution >= 4 is 22.6 Å². The summed E-state index contributed by atoms with van der Waals surface area (Å²) in [6.45, 7) is 6.09. The number of rotatable bonds is 2. The molecule has 0 amide bonds. The van der Waals surface area contributed by atoms with Gasteiger partial charge in [0.2, 0.25) is 0 Å². The molecule has 0 nitrogen and oxygen atoms in total. The van der Waals surface area contributed by atoms with Gasteiger partial charge in [-0.15, -0.1) is 0 Å². The molecule has 0 N–H and O–H groups in total. The quantitative estimate of drug-likeness (QED) is 0.715. The van der Waals surface area contributed by atoms with E-state index < -0.39 is 0 Å². The summed E-state index contributed by atoms with van der Waals surface area (Å²) in [7, 11) is 0. The van der Waals surface area contributed by atoms with E-state index in [9.17, 15) is 0 Å². The minimum Gasteiger partial charge on any atom is -0.0622 e. The highest BCUT2D eigenvalue weighted by molar-refractivity contribution is 14.1. The van der Waals surface area contributed by atoms with Crippen LogP contribution in [0.5, 0.6) is 0 Å². The summed E-state index contributed by atoms with van der Waals surface area (Å²) >= 11 is 2.31. The van der Waals surface area contributed by atoms with Crippen LogP contribution in [0.25, 0.3) is 0 Å². The summed E-state index contributed by atoms with van der Waals surface area (Å²) in [6.07, 6.45) is 1.08. The fraction of sp³-hybridized carbons (Fsp3) is 0.300. The lowest BCUT2D eigenvalue weighted by Gasteiger charge is -2.03. The van der Waals surface area contributed by atoms with Crippen molar-refractivity contribution in [1.29, 1.82) is 0 Å². The minimum absolute atomic E-state index is 0.509. The second kappa shape index (κ2) is 4.10. The van der Waals surface area contributed by atoms with Crippen LogP contribution < -0.4 is 0 Å². The molecule has 0 fully saturated rings. The van der Waals surface area contributed by atoms with Gasteiger partial charge in [0, 0.05) is 3.57 Å². The average Bonchev–Trinajstić information content (AvgIpc) is 1.93. The lowest BCUT2D eigenvalue weighted by Crippen LogP contribution is -1.93. The van der Waals surface area contributed by atoms with Crippen LogP contribution in [0.1, 0.15) is 12.5 Å². The van der Waals surface area contributed by atoms with E-state index in [1.54, 1.807) is 0 Å². The maximum Gasteiger partial charge on any atom is 0.0130 e. The molecule has 1 aromatic carbocycles. The predicted molar refractivity (Wildman–Crippen MR) is 57.4 cm³/mol. The van der Waals surface area contributed by atoms with Crippen molar-refractivity contribution in [2.45, 2.75) is 13.3 Å². The molecule has 0 aromatic heterocycles. The van der Waals surface area contributed by atoms with Gasteiger partial charge in [0.1, 0.15) is 0 Å². The van der Waals surface area contributed by atoms with Crippen molar-refractivity contribution in [2.75, 3.05) is 0 Å². The van der Waals surface area contributed by atoms with Gasteiger partial charge >= 0.3 is 0 Å². The fourth-order valence-corrected chi connectivity index (χ4v) is 1.38. The molecule has 11 heavy (non-hydrogen) atoms. The first kappa shape index (κ1) is 9.04. The Morgan fingerprint density at radius 2 is 1.91 bits per heavy atom. The molecule has 1 atom stereocenters. The first-order chi connectivity index (χ1) is 5.18. The van der Waals surface area contributed by atoms with Crippen LogP contribution in [0.15, 0.2) is 24.3 Å². The molecule has 0 bridgehead atoms. The van der Waals surface area contributed by atoms with Crippen LogP contribution in [0, 0.1) is 16.4 Å². The lowest BCUT2D eigenvalue weighted by atomic mass is 10.0. The van der Waals surface area contributed by atoms with Crippen molar-refractivity contribution in [3.05, 3.63) is 40.3 Å². The number of hydrogen-bond donors (Lipinski definition) is 0. The van der Waals surface area contributed by atoms with Gasteiger partial charge in [-0.25, -0.2) is 0 Å². The summed E-state index contributed by atoms with van der Waals surface area (Å²) in [5.41, 5.74) is 1.38. The fourth-order valence-electron chi connectivity index (χ4n) is 1.02. The molecular formula is C10H12I. The summed E-state index contributed by atoms with van der Waals surface area (Å²) in [5, 5.41) is 0. The van der Waals surface area contributed by atoms with Crippen LogP contribution in [0.2, 0.25) is 0 Å². The highest BCUT2D eigenvalue weighted by atomic mass is 127. The summed E-state index contributed by atoms with van der Waals surface area (Å²) < 4.78 is 1.29. The largest absolute Gasteiger partial charge is 0.0622 e. The zero-order chi connectivity index (χ0) is 8.27. The van der Waals surface area contributed by atoms with Crippen LogP contribution in [-0.2, 0) is 6.42 Å². The molecule has 1 rings (SSSR count). The van der Waals surface area contributed by atoms with Crippen molar-refractivity contribution < 1.29 is 0 Å². The van der Waals surface area contributed by atoms with Gasteiger partial charge in [0.15, 0.2) is 0 Å². The molecule has 0 heterocycles. The second-order valence-corrected chi connectivity index (χ2v) is 4.18. The van der Waals surface area contributed by atoms with Crippen LogP contribution in [0.4, 0.5) is 0 Å². The van der Waals surface area contributed by atoms with Gasteiger partial charge in [-0.05, 0) is 52.6 Å². The first-order valence-corrected chi connectivity index (χ1v) is 4.84. The molecular weight excluding hydrogens is 247 g/mol. The van der Waals surface area contributed by atoms with Gasteiger partial charge in [-0.1, -0.05) is 26.0 Å². The molecule has 0 spiro atoms. The van der Waals surface area contributed by atoms with Crippen molar-refractivity contribution in [1.82, 2.24) is 0 Å². The second-order valence-electron chi connectivity index (χ2n) is 2.94. The maximum atomic E-state index is 3.95. The Hall–Kier alpha value is -0.0500. The molecule has 1 heteroatoms. The van der Waals surface area contributed by atoms with Crippen LogP contribution in [0.3, 0.4) is 0 Å². The molecule has 0 saturated carbocycles. The van der Waals surface area contributed by atoms with E-state index in [-0.39, 0.29) is 0 Å². The van der Waals surface area contributed by atoms with Crippen molar-refractivity contribution in [3.63, 3.8) is 0 Å². The van der Waals surface area contributed by atoms with Crippen molar-refractivity contribution in [2.24, 2.45) is 5.92 Å². The summed E-state index contributed by atoms with van der Waals surface area (Å²) in [4.78, 5) is 0. The Labute approximate surface area is 82.2 Å². The zero-order valence-electron chi connectivity index (χ0n) is 6.68. The molecule has 0 aliphatic heterocycles. The van der Waals surface area contributed by atoms with E-state index in [1.807, 2.05) is 0 Å². The topological polar surface area (TPSA) is 0 Å². The van der Waals surface area contributed by atoms with E-state index in [4.69, 9.17) is 0 Å². The maximum absolute atomic E-state index is 3.95. The minimum atomic E-state index is 0.509. The molecule has 0 aliphatic carbocycles. The smallest absolute Gasteiger partial charge is 0.0130 e. The average molecular weight is 259 g/mol. The predicted octanol–water partition coefficient (Wildman–Crippen LogP) is 3.30. The first-order valence-electron chi connectivity index (χ1n) is 3.76. The van der Waals surface area contributed by atoms with Gasteiger partial charge < -0.3 is 0 Å². The molecule has 1 unspecified atom stereocenters. The van der Waals surface area contributed by atoms with E-state index in [0.29, 0.717) is 5.92 Å². The molecule has 0 aliphatic rings. The summed E-state index contributed by atoms with van der Waals surface area (Å²) in [6, 6.07) is 8.61. The Morgan fingerprint density at radius 1 is 1.36 bits per heavy atom. The third-order valence-electron chi connectivity index (χ3n) is 1.50. The van der Waals surface area contributed by atoms with Gasteiger partial charge in [0.25, 0.3) is 0 Å². The van der Waals surface area contributed by atoms with E-state index >= 15 is 0 Å². The van der Waals surface area contributed by atoms with Gasteiger partial charge in [-0.2, -0.15) is 0 Å². The SMILES string of the molecule is [CH2]C(C)Cc1ccc(I)cc1. The van der Waals surface area contributed by atoms with E-state index in [0.717, 1.165) is 6.42 Å². The van der Waals surface area contributed by atoms with Crippen LogP contribution >= 0.6 is 22.6 Å². The molecule has 59 valence electrons. The molecule has 1 aromatic rings. The standard InChI is InChI=1S/C10H12I/c1-8(2)7-9-3-5-10(11)6-4-9/h3-6,8H,1,7H2,2H3. The van der Waals surface area contributed by atoms with E-state index in [2.05, 4.69) is 60.7 Å². The molecule has 1 radical (unpaired) electrons. The molecule has 0 saturated heterocycles. The van der Waals surface area contributed by atoms with Gasteiger partial charge in [-0.3, -0.25) is 0 Å². The Morgan fingerprint density at radius 3 is 2.36 bits per heavy atom. The van der Waals surface area contributed by atoms with Crippen molar-refractivity contribution in [3.8, 4) is 0 Å². The highest BCUT2D eigenvalue weighted by Crippen LogP contribution is 2.10. The normalized spacial score (nSPS) is 10.5. The number of hydrogen-bond acceptors (Lipinski definition) is 0. The van der Waals surface area contributed by atoms with Gasteiger partial charge in [0.05, 0.1) is 0 Å². The monoisotopic (exact) mass is 259 g/mol. The zero-order valence-corrected chi connectivity index (χ0v) is 8.84. The highest BCUT2D eigenvalue weighted by Gasteiger charge is 1.96.